The molecule has 1 saturated heterocycles. The van der Waals surface area contributed by atoms with Crippen LogP contribution in [0.1, 0.15) is 26.3 Å². The van der Waals surface area contributed by atoms with Crippen LogP contribution in [0, 0.1) is 17.0 Å². The highest BCUT2D eigenvalue weighted by molar-refractivity contribution is 6.22. The topological polar surface area (TPSA) is 104 Å². The molecule has 0 radical (unpaired) electrons. The van der Waals surface area contributed by atoms with Crippen molar-refractivity contribution in [3.8, 4) is 0 Å². The van der Waals surface area contributed by atoms with Crippen LogP contribution in [0.15, 0.2) is 42.5 Å². The summed E-state index contributed by atoms with van der Waals surface area (Å²) in [5.74, 6) is -1.59. The van der Waals surface area contributed by atoms with Crippen LogP contribution in [-0.4, -0.2) is 65.2 Å². The van der Waals surface area contributed by atoms with E-state index in [0.717, 1.165) is 22.2 Å². The number of imide groups is 1. The number of piperazine rings is 1. The third-order valence-electron chi connectivity index (χ3n) is 5.46. The number of hydrogen-bond acceptors (Lipinski definition) is 6. The van der Waals surface area contributed by atoms with Crippen molar-refractivity contribution < 1.29 is 19.3 Å². The average molecular weight is 408 g/mol. The normalized spacial score (nSPS) is 16.1. The third kappa shape index (κ3) is 3.49. The minimum atomic E-state index is -0.676. The van der Waals surface area contributed by atoms with E-state index < -0.39 is 16.7 Å². The maximum atomic E-state index is 12.7. The number of carbonyl (C=O) groups is 3. The average Bonchev–Trinajstić information content (AvgIpc) is 2.98. The molecule has 154 valence electrons. The molecule has 0 atom stereocenters. The van der Waals surface area contributed by atoms with Gasteiger partial charge in [-0.05, 0) is 30.7 Å². The molecule has 0 spiro atoms. The zero-order chi connectivity index (χ0) is 21.4. The number of nitro groups is 1. The zero-order valence-corrected chi connectivity index (χ0v) is 16.4. The van der Waals surface area contributed by atoms with Gasteiger partial charge in [-0.15, -0.1) is 0 Å². The maximum Gasteiger partial charge on any atom is 0.270 e. The van der Waals surface area contributed by atoms with Gasteiger partial charge in [-0.2, -0.15) is 0 Å². The summed E-state index contributed by atoms with van der Waals surface area (Å²) in [5.41, 5.74) is 2.05. The predicted molar refractivity (Wildman–Crippen MR) is 108 cm³/mol. The Morgan fingerprint density at radius 2 is 1.70 bits per heavy atom. The van der Waals surface area contributed by atoms with Gasteiger partial charge in [-0.3, -0.25) is 29.4 Å². The Kier molecular flexibility index (Phi) is 4.94. The summed E-state index contributed by atoms with van der Waals surface area (Å²) < 4.78 is 0. The second-order valence-corrected chi connectivity index (χ2v) is 7.39. The largest absolute Gasteiger partial charge is 0.368 e. The van der Waals surface area contributed by atoms with Crippen molar-refractivity contribution in [1.82, 2.24) is 9.80 Å². The van der Waals surface area contributed by atoms with Gasteiger partial charge in [-0.25, -0.2) is 0 Å². The van der Waals surface area contributed by atoms with Gasteiger partial charge in [0.15, 0.2) is 0 Å². The van der Waals surface area contributed by atoms with Gasteiger partial charge in [0.2, 0.25) is 5.91 Å². The molecule has 1 fully saturated rings. The summed E-state index contributed by atoms with van der Waals surface area (Å²) in [7, 11) is 0. The van der Waals surface area contributed by atoms with Crippen LogP contribution in [0.3, 0.4) is 0 Å². The van der Waals surface area contributed by atoms with Crippen molar-refractivity contribution in [2.45, 2.75) is 6.92 Å². The smallest absolute Gasteiger partial charge is 0.270 e. The lowest BCUT2D eigenvalue weighted by Crippen LogP contribution is -2.51. The fourth-order valence-electron chi connectivity index (χ4n) is 3.81. The summed E-state index contributed by atoms with van der Waals surface area (Å²) in [5, 5.41) is 10.9. The summed E-state index contributed by atoms with van der Waals surface area (Å²) in [6.45, 7) is 3.94. The number of aryl methyl sites for hydroxylation is 1. The molecule has 30 heavy (non-hydrogen) atoms. The van der Waals surface area contributed by atoms with Crippen molar-refractivity contribution in [1.29, 1.82) is 0 Å². The Bertz CT molecular complexity index is 1060. The van der Waals surface area contributed by atoms with Gasteiger partial charge in [0.05, 0.1) is 16.1 Å². The van der Waals surface area contributed by atoms with Crippen LogP contribution >= 0.6 is 0 Å². The molecule has 2 aliphatic heterocycles. The highest BCUT2D eigenvalue weighted by atomic mass is 16.6. The van der Waals surface area contributed by atoms with E-state index in [2.05, 4.69) is 11.0 Å². The fraction of sp³-hybridized carbons (Fsp3) is 0.286. The first-order valence-corrected chi connectivity index (χ1v) is 9.59. The molecule has 2 heterocycles. The molecular formula is C21H20N4O5. The molecule has 0 N–H and O–H groups in total. The fourth-order valence-corrected chi connectivity index (χ4v) is 3.81. The Morgan fingerprint density at radius 3 is 2.37 bits per heavy atom. The van der Waals surface area contributed by atoms with E-state index in [1.54, 1.807) is 4.90 Å². The van der Waals surface area contributed by atoms with Gasteiger partial charge in [0.25, 0.3) is 17.5 Å². The Morgan fingerprint density at radius 1 is 1.00 bits per heavy atom. The van der Waals surface area contributed by atoms with E-state index in [0.29, 0.717) is 26.2 Å². The number of anilines is 1. The molecule has 0 aliphatic carbocycles. The number of benzene rings is 2. The predicted octanol–water partition coefficient (Wildman–Crippen LogP) is 1.85. The molecule has 2 aromatic carbocycles. The first kappa shape index (κ1) is 19.6. The molecule has 9 heteroatoms. The van der Waals surface area contributed by atoms with E-state index in [1.165, 1.54) is 12.1 Å². The zero-order valence-electron chi connectivity index (χ0n) is 16.4. The number of amides is 3. The summed E-state index contributed by atoms with van der Waals surface area (Å²) in [6.07, 6.45) is 0. The lowest BCUT2D eigenvalue weighted by molar-refractivity contribution is -0.384. The van der Waals surface area contributed by atoms with Gasteiger partial charge in [0, 0.05) is 44.0 Å². The number of nitro benzene ring substituents is 1. The number of non-ortho nitro benzene ring substituents is 1. The molecule has 0 unspecified atom stereocenters. The van der Waals surface area contributed by atoms with Crippen LogP contribution in [0.5, 0.6) is 0 Å². The first-order chi connectivity index (χ1) is 14.3. The number of hydrogen-bond donors (Lipinski definition) is 0. The van der Waals surface area contributed by atoms with E-state index in [1.807, 2.05) is 25.1 Å². The molecule has 0 bridgehead atoms. The Balaban J connectivity index is 1.40. The second-order valence-electron chi connectivity index (χ2n) is 7.39. The van der Waals surface area contributed by atoms with Crippen LogP contribution in [-0.2, 0) is 4.79 Å². The summed E-state index contributed by atoms with van der Waals surface area (Å²) >= 11 is 0. The van der Waals surface area contributed by atoms with E-state index in [9.17, 15) is 24.5 Å². The molecule has 0 saturated carbocycles. The summed E-state index contributed by atoms with van der Waals surface area (Å²) in [4.78, 5) is 52.8. The monoisotopic (exact) mass is 408 g/mol. The number of rotatable bonds is 4. The van der Waals surface area contributed by atoms with Crippen molar-refractivity contribution in [2.24, 2.45) is 0 Å². The van der Waals surface area contributed by atoms with E-state index in [4.69, 9.17) is 0 Å². The van der Waals surface area contributed by atoms with Crippen LogP contribution < -0.4 is 4.90 Å². The Hall–Kier alpha value is -3.75. The van der Waals surface area contributed by atoms with Gasteiger partial charge < -0.3 is 9.80 Å². The van der Waals surface area contributed by atoms with Crippen LogP contribution in [0.2, 0.25) is 0 Å². The molecule has 4 rings (SSSR count). The molecule has 0 aromatic heterocycles. The third-order valence-corrected chi connectivity index (χ3v) is 5.46. The van der Waals surface area contributed by atoms with Crippen molar-refractivity contribution >= 4 is 29.1 Å². The molecule has 3 amide bonds. The molecular weight excluding hydrogens is 388 g/mol. The number of nitrogens with zero attached hydrogens (tertiary/aromatic N) is 4. The Labute approximate surface area is 172 Å². The quantitative estimate of drug-likeness (QED) is 0.434. The molecule has 9 nitrogen and oxygen atoms in total. The lowest BCUT2D eigenvalue weighted by Gasteiger charge is -2.36. The maximum absolute atomic E-state index is 12.7. The van der Waals surface area contributed by atoms with E-state index in [-0.39, 0.29) is 29.3 Å². The van der Waals surface area contributed by atoms with Gasteiger partial charge >= 0.3 is 0 Å². The van der Waals surface area contributed by atoms with Crippen molar-refractivity contribution in [2.75, 3.05) is 37.6 Å². The first-order valence-electron chi connectivity index (χ1n) is 9.59. The number of carbonyl (C=O) groups excluding carboxylic acids is 3. The minimum absolute atomic E-state index is 0.0359. The van der Waals surface area contributed by atoms with Gasteiger partial charge in [-0.1, -0.05) is 12.1 Å². The SMILES string of the molecule is Cc1cccc(N2CCN(C(=O)CN3C(=O)c4ccc([N+](=O)[O-])cc4C3=O)CC2)c1. The molecule has 2 aromatic rings. The second kappa shape index (κ2) is 7.58. The lowest BCUT2D eigenvalue weighted by atomic mass is 10.1. The van der Waals surface area contributed by atoms with Gasteiger partial charge in [0.1, 0.15) is 6.54 Å². The minimum Gasteiger partial charge on any atom is -0.368 e. The highest BCUT2D eigenvalue weighted by Crippen LogP contribution is 2.27. The number of fused-ring (bicyclic) bond motifs is 1. The van der Waals surface area contributed by atoms with Crippen LogP contribution in [0.4, 0.5) is 11.4 Å². The van der Waals surface area contributed by atoms with Crippen molar-refractivity contribution in [3.05, 3.63) is 69.3 Å². The highest BCUT2D eigenvalue weighted by Gasteiger charge is 2.38. The molecule has 2 aliphatic rings. The van der Waals surface area contributed by atoms with Crippen LogP contribution in [0.25, 0.3) is 0 Å². The standard InChI is InChI=1S/C21H20N4O5/c1-14-3-2-4-15(11-14)22-7-9-23(10-8-22)19(26)13-24-20(27)17-6-5-16(25(29)30)12-18(17)21(24)28/h2-6,11-12H,7-10,13H2,1H3. The summed E-state index contributed by atoms with van der Waals surface area (Å²) in [6, 6.07) is 11.7. The van der Waals surface area contributed by atoms with Crippen molar-refractivity contribution in [3.63, 3.8) is 0 Å². The van der Waals surface area contributed by atoms with E-state index >= 15 is 0 Å².